The molecule has 1 aromatic carbocycles. The van der Waals surface area contributed by atoms with Crippen molar-refractivity contribution in [2.45, 2.75) is 0 Å². The molecule has 0 radical (unpaired) electrons. The Morgan fingerprint density at radius 2 is 2.20 bits per heavy atom. The van der Waals surface area contributed by atoms with Crippen LogP contribution in [0.2, 0.25) is 0 Å². The summed E-state index contributed by atoms with van der Waals surface area (Å²) in [6.45, 7) is -0.364. The van der Waals surface area contributed by atoms with Crippen LogP contribution in [0.4, 0.5) is 4.79 Å². The van der Waals surface area contributed by atoms with Crippen molar-refractivity contribution in [1.29, 1.82) is 0 Å². The molecule has 1 fully saturated rings. The predicted octanol–water partition coefficient (Wildman–Crippen LogP) is 2.66. The van der Waals surface area contributed by atoms with Gasteiger partial charge in [0.25, 0.3) is 11.1 Å². The number of hydrogen-bond donors (Lipinski definition) is 0. The van der Waals surface area contributed by atoms with E-state index < -0.39 is 17.1 Å². The minimum absolute atomic E-state index is 0.289. The summed E-state index contributed by atoms with van der Waals surface area (Å²) in [7, 11) is 1.21. The number of hydrogen-bond acceptors (Lipinski definition) is 5. The number of esters is 1. The maximum absolute atomic E-state index is 12.1. The van der Waals surface area contributed by atoms with Gasteiger partial charge in [-0.3, -0.25) is 19.3 Å². The Kier molecular flexibility index (Phi) is 4.61. The highest BCUT2D eigenvalue weighted by molar-refractivity contribution is 9.10. The molecule has 0 aromatic heterocycles. The Morgan fingerprint density at radius 3 is 2.85 bits per heavy atom. The Bertz CT molecular complexity index is 614. The fourth-order valence-electron chi connectivity index (χ4n) is 1.58. The quantitative estimate of drug-likeness (QED) is 0.616. The van der Waals surface area contributed by atoms with Crippen LogP contribution >= 0.6 is 27.7 Å². The topological polar surface area (TPSA) is 63.7 Å². The zero-order valence-electron chi connectivity index (χ0n) is 10.5. The molecule has 0 bridgehead atoms. The number of thioether (sulfide) groups is 1. The molecule has 0 aliphatic carbocycles. The lowest BCUT2D eigenvalue weighted by Gasteiger charge is -2.09. The van der Waals surface area contributed by atoms with E-state index in [0.29, 0.717) is 0 Å². The molecule has 0 spiro atoms. The number of benzene rings is 1. The number of methoxy groups -OCH3 is 1. The van der Waals surface area contributed by atoms with Gasteiger partial charge in [0.05, 0.1) is 12.0 Å². The summed E-state index contributed by atoms with van der Waals surface area (Å²) in [5.41, 5.74) is 0.794. The van der Waals surface area contributed by atoms with Gasteiger partial charge in [0.2, 0.25) is 0 Å². The lowest BCUT2D eigenvalue weighted by molar-refractivity contribution is -0.143. The zero-order chi connectivity index (χ0) is 14.7. The molecule has 1 aliphatic heterocycles. The molecule has 2 amide bonds. The third kappa shape index (κ3) is 3.29. The van der Waals surface area contributed by atoms with Gasteiger partial charge in [-0.15, -0.1) is 0 Å². The summed E-state index contributed by atoms with van der Waals surface area (Å²) in [5.74, 6) is -1.11. The number of imide groups is 1. The van der Waals surface area contributed by atoms with Crippen molar-refractivity contribution in [3.8, 4) is 0 Å². The molecule has 1 saturated heterocycles. The highest BCUT2D eigenvalue weighted by Crippen LogP contribution is 2.32. The van der Waals surface area contributed by atoms with Gasteiger partial charge in [-0.2, -0.15) is 0 Å². The predicted molar refractivity (Wildman–Crippen MR) is 78.8 cm³/mol. The maximum atomic E-state index is 12.1. The van der Waals surface area contributed by atoms with Crippen LogP contribution in [0.25, 0.3) is 6.08 Å². The third-order valence-electron chi connectivity index (χ3n) is 2.53. The first-order valence-corrected chi connectivity index (χ1v) is 7.20. The Morgan fingerprint density at radius 1 is 1.45 bits per heavy atom. The van der Waals surface area contributed by atoms with Crippen molar-refractivity contribution in [2.75, 3.05) is 13.7 Å². The number of carbonyl (C=O) groups is 3. The van der Waals surface area contributed by atoms with E-state index in [1.165, 1.54) is 7.11 Å². The van der Waals surface area contributed by atoms with Gasteiger partial charge in [-0.05, 0) is 35.5 Å². The van der Waals surface area contributed by atoms with E-state index in [1.807, 2.05) is 24.3 Å². The smallest absolute Gasteiger partial charge is 0.325 e. The highest BCUT2D eigenvalue weighted by Gasteiger charge is 2.36. The number of nitrogens with zero attached hydrogens (tertiary/aromatic N) is 1. The normalized spacial score (nSPS) is 16.9. The third-order valence-corrected chi connectivity index (χ3v) is 3.94. The molecular weight excluding hydrogens is 346 g/mol. The van der Waals surface area contributed by atoms with Crippen LogP contribution < -0.4 is 0 Å². The van der Waals surface area contributed by atoms with E-state index in [1.54, 1.807) is 6.08 Å². The van der Waals surface area contributed by atoms with Gasteiger partial charge in [0.15, 0.2) is 0 Å². The maximum Gasteiger partial charge on any atom is 0.325 e. The Labute approximate surface area is 128 Å². The van der Waals surface area contributed by atoms with Gasteiger partial charge < -0.3 is 4.74 Å². The molecule has 0 saturated carbocycles. The first-order chi connectivity index (χ1) is 9.51. The lowest BCUT2D eigenvalue weighted by Crippen LogP contribution is -2.34. The summed E-state index contributed by atoms with van der Waals surface area (Å²) < 4.78 is 5.33. The first-order valence-electron chi connectivity index (χ1n) is 5.59. The van der Waals surface area contributed by atoms with E-state index in [4.69, 9.17) is 0 Å². The molecule has 1 aliphatic rings. The molecule has 5 nitrogen and oxygen atoms in total. The second-order valence-corrected chi connectivity index (χ2v) is 5.81. The number of ether oxygens (including phenoxy) is 1. The first kappa shape index (κ1) is 14.8. The number of amides is 2. The second-order valence-electron chi connectivity index (χ2n) is 3.90. The Balaban J connectivity index is 2.21. The van der Waals surface area contributed by atoms with Crippen LogP contribution in [-0.4, -0.2) is 35.7 Å². The zero-order valence-corrected chi connectivity index (χ0v) is 12.9. The number of rotatable bonds is 3. The van der Waals surface area contributed by atoms with Crippen molar-refractivity contribution < 1.29 is 19.1 Å². The number of carbonyl (C=O) groups excluding carboxylic acids is 3. The molecular formula is C13H10BrNO4S. The van der Waals surface area contributed by atoms with E-state index in [9.17, 15) is 14.4 Å². The van der Waals surface area contributed by atoms with E-state index in [-0.39, 0.29) is 11.4 Å². The highest BCUT2D eigenvalue weighted by atomic mass is 79.9. The molecule has 0 unspecified atom stereocenters. The lowest BCUT2D eigenvalue weighted by atomic mass is 10.2. The molecule has 2 rings (SSSR count). The molecule has 20 heavy (non-hydrogen) atoms. The monoisotopic (exact) mass is 355 g/mol. The van der Waals surface area contributed by atoms with E-state index >= 15 is 0 Å². The summed E-state index contributed by atoms with van der Waals surface area (Å²) >= 11 is 4.14. The van der Waals surface area contributed by atoms with Crippen molar-refractivity contribution in [3.05, 3.63) is 39.2 Å². The van der Waals surface area contributed by atoms with Gasteiger partial charge in [0.1, 0.15) is 6.54 Å². The minimum Gasteiger partial charge on any atom is -0.468 e. The van der Waals surface area contributed by atoms with Gasteiger partial charge >= 0.3 is 5.97 Å². The Hall–Kier alpha value is -1.60. The van der Waals surface area contributed by atoms with E-state index in [2.05, 4.69) is 20.7 Å². The number of halogens is 1. The fourth-order valence-corrected chi connectivity index (χ4v) is 2.83. The van der Waals surface area contributed by atoms with Crippen molar-refractivity contribution in [3.63, 3.8) is 0 Å². The average Bonchev–Trinajstić information content (AvgIpc) is 2.66. The van der Waals surface area contributed by atoms with Crippen LogP contribution in [0.15, 0.2) is 33.6 Å². The van der Waals surface area contributed by atoms with Crippen LogP contribution in [0.1, 0.15) is 5.56 Å². The average molecular weight is 356 g/mol. The van der Waals surface area contributed by atoms with Crippen molar-refractivity contribution in [2.24, 2.45) is 0 Å². The van der Waals surface area contributed by atoms with E-state index in [0.717, 1.165) is 26.7 Å². The molecule has 0 atom stereocenters. The molecule has 1 heterocycles. The van der Waals surface area contributed by atoms with Gasteiger partial charge in [-0.25, -0.2) is 0 Å². The molecule has 104 valence electrons. The van der Waals surface area contributed by atoms with Crippen LogP contribution in [0, 0.1) is 0 Å². The largest absolute Gasteiger partial charge is 0.468 e. The standard InChI is InChI=1S/C13H10BrNO4S/c1-19-11(16)7-15-12(17)10(20-13(15)18)6-8-3-2-4-9(14)5-8/h2-6H,7H2,1H3. The van der Waals surface area contributed by atoms with Gasteiger partial charge in [-0.1, -0.05) is 28.1 Å². The van der Waals surface area contributed by atoms with Crippen LogP contribution in [0.5, 0.6) is 0 Å². The van der Waals surface area contributed by atoms with Gasteiger partial charge in [0, 0.05) is 4.47 Å². The molecule has 0 N–H and O–H groups in total. The summed E-state index contributed by atoms with van der Waals surface area (Å²) in [5, 5.41) is -0.471. The summed E-state index contributed by atoms with van der Waals surface area (Å²) in [6.07, 6.45) is 1.62. The van der Waals surface area contributed by atoms with Crippen LogP contribution in [0.3, 0.4) is 0 Å². The molecule has 1 aromatic rings. The molecule has 7 heteroatoms. The fraction of sp³-hybridized carbons (Fsp3) is 0.154. The SMILES string of the molecule is COC(=O)CN1C(=O)SC(=Cc2cccc(Br)c2)C1=O. The minimum atomic E-state index is -0.629. The summed E-state index contributed by atoms with van der Waals surface area (Å²) in [6, 6.07) is 7.34. The van der Waals surface area contributed by atoms with Crippen LogP contribution in [-0.2, 0) is 14.3 Å². The summed E-state index contributed by atoms with van der Waals surface area (Å²) in [4.78, 5) is 36.1. The van der Waals surface area contributed by atoms with Crippen molar-refractivity contribution in [1.82, 2.24) is 4.90 Å². The van der Waals surface area contributed by atoms with Crippen molar-refractivity contribution >= 4 is 50.9 Å². The second kappa shape index (κ2) is 6.23.